The SMILES string of the molecule is CCCCCCCCCCC[CH]C(=O)OCCCCCCCCCC. The van der Waals surface area contributed by atoms with Crippen LogP contribution in [0.4, 0.5) is 0 Å². The molecule has 0 aromatic heterocycles. The zero-order valence-corrected chi connectivity index (χ0v) is 17.3. The molecule has 0 N–H and O–H groups in total. The Morgan fingerprint density at radius 1 is 0.600 bits per heavy atom. The average Bonchev–Trinajstić information content (AvgIpc) is 2.62. The van der Waals surface area contributed by atoms with Crippen LogP contribution in [0.3, 0.4) is 0 Å². The highest BCUT2D eigenvalue weighted by Crippen LogP contribution is 2.12. The Labute approximate surface area is 158 Å². The van der Waals surface area contributed by atoms with E-state index in [-0.39, 0.29) is 5.97 Å². The molecule has 0 saturated heterocycles. The monoisotopic (exact) mass is 353 g/mol. The molecule has 0 aliphatic rings. The molecular weight excluding hydrogens is 308 g/mol. The molecule has 25 heavy (non-hydrogen) atoms. The third kappa shape index (κ3) is 21.4. The molecule has 2 nitrogen and oxygen atoms in total. The molecule has 0 aliphatic heterocycles. The number of hydrogen-bond acceptors (Lipinski definition) is 2. The molecule has 0 heterocycles. The maximum atomic E-state index is 11.6. The van der Waals surface area contributed by atoms with E-state index in [2.05, 4.69) is 13.8 Å². The van der Waals surface area contributed by atoms with E-state index in [9.17, 15) is 4.79 Å². The van der Waals surface area contributed by atoms with Gasteiger partial charge in [0.25, 0.3) is 0 Å². The van der Waals surface area contributed by atoms with Gasteiger partial charge in [0.15, 0.2) is 0 Å². The fourth-order valence-corrected chi connectivity index (χ4v) is 3.14. The Bertz CT molecular complexity index is 263. The van der Waals surface area contributed by atoms with E-state index in [0.29, 0.717) is 6.61 Å². The van der Waals surface area contributed by atoms with E-state index in [1.165, 1.54) is 96.3 Å². The van der Waals surface area contributed by atoms with Gasteiger partial charge in [0, 0.05) is 0 Å². The molecule has 0 rings (SSSR count). The van der Waals surface area contributed by atoms with Crippen molar-refractivity contribution in [2.24, 2.45) is 0 Å². The highest BCUT2D eigenvalue weighted by molar-refractivity contribution is 5.78. The number of carbonyl (C=O) groups is 1. The maximum Gasteiger partial charge on any atom is 0.309 e. The lowest BCUT2D eigenvalue weighted by molar-refractivity contribution is -0.139. The number of carbonyl (C=O) groups excluding carboxylic acids is 1. The van der Waals surface area contributed by atoms with E-state index >= 15 is 0 Å². The van der Waals surface area contributed by atoms with Gasteiger partial charge in [0.2, 0.25) is 0 Å². The first kappa shape index (κ1) is 24.5. The molecule has 0 bridgehead atoms. The molecule has 0 fully saturated rings. The number of unbranched alkanes of at least 4 members (excludes halogenated alkanes) is 16. The first-order valence-corrected chi connectivity index (χ1v) is 11.3. The molecule has 0 spiro atoms. The second kappa shape index (κ2) is 21.5. The van der Waals surface area contributed by atoms with Crippen molar-refractivity contribution in [1.29, 1.82) is 0 Å². The lowest BCUT2D eigenvalue weighted by atomic mass is 10.1. The Kier molecular flexibility index (Phi) is 21.1. The van der Waals surface area contributed by atoms with Gasteiger partial charge >= 0.3 is 5.97 Å². The number of rotatable bonds is 20. The standard InChI is InChI=1S/C23H45O2/c1-3-5-7-9-11-13-14-15-17-19-21-23(24)25-22-20-18-16-12-10-8-6-4-2/h21H,3-20,22H2,1-2H3. The quantitative estimate of drug-likeness (QED) is 0.165. The lowest BCUT2D eigenvalue weighted by Crippen LogP contribution is -2.06. The van der Waals surface area contributed by atoms with Crippen molar-refractivity contribution in [3.63, 3.8) is 0 Å². The molecular formula is C23H45O2. The summed E-state index contributed by atoms with van der Waals surface area (Å²) in [6.07, 6.45) is 24.8. The van der Waals surface area contributed by atoms with E-state index in [0.717, 1.165) is 19.3 Å². The van der Waals surface area contributed by atoms with Gasteiger partial charge < -0.3 is 4.74 Å². The summed E-state index contributed by atoms with van der Waals surface area (Å²) in [7, 11) is 0. The van der Waals surface area contributed by atoms with Crippen molar-refractivity contribution in [3.05, 3.63) is 6.42 Å². The predicted octanol–water partition coefficient (Wildman–Crippen LogP) is 7.80. The van der Waals surface area contributed by atoms with Crippen LogP contribution in [-0.2, 0) is 9.53 Å². The zero-order valence-electron chi connectivity index (χ0n) is 17.3. The van der Waals surface area contributed by atoms with Crippen LogP contribution in [0.1, 0.15) is 129 Å². The topological polar surface area (TPSA) is 26.3 Å². The molecule has 0 aromatic carbocycles. The summed E-state index contributed by atoms with van der Waals surface area (Å²) < 4.78 is 5.28. The van der Waals surface area contributed by atoms with E-state index < -0.39 is 0 Å². The Hall–Kier alpha value is -0.530. The molecule has 0 atom stereocenters. The van der Waals surface area contributed by atoms with Gasteiger partial charge in [-0.15, -0.1) is 0 Å². The fourth-order valence-electron chi connectivity index (χ4n) is 3.14. The normalized spacial score (nSPS) is 11.0. The molecule has 0 amide bonds. The van der Waals surface area contributed by atoms with Gasteiger partial charge in [-0.2, -0.15) is 0 Å². The number of hydrogen-bond donors (Lipinski definition) is 0. The minimum atomic E-state index is -0.109. The largest absolute Gasteiger partial charge is 0.465 e. The van der Waals surface area contributed by atoms with Gasteiger partial charge in [0.1, 0.15) is 0 Å². The van der Waals surface area contributed by atoms with Gasteiger partial charge in [0.05, 0.1) is 13.0 Å². The van der Waals surface area contributed by atoms with Crippen LogP contribution in [0.25, 0.3) is 0 Å². The molecule has 149 valence electrons. The van der Waals surface area contributed by atoms with E-state index in [4.69, 9.17) is 4.74 Å². The first-order chi connectivity index (χ1) is 12.3. The summed E-state index contributed by atoms with van der Waals surface area (Å²) in [5, 5.41) is 0. The number of ether oxygens (including phenoxy) is 1. The third-order valence-corrected chi connectivity index (χ3v) is 4.86. The van der Waals surface area contributed by atoms with Crippen LogP contribution in [-0.4, -0.2) is 12.6 Å². The Morgan fingerprint density at radius 2 is 1.00 bits per heavy atom. The summed E-state index contributed by atoms with van der Waals surface area (Å²) in [5.41, 5.74) is 0. The van der Waals surface area contributed by atoms with Gasteiger partial charge in [-0.1, -0.05) is 117 Å². The lowest BCUT2D eigenvalue weighted by Gasteiger charge is -2.05. The maximum absolute atomic E-state index is 11.6. The predicted molar refractivity (Wildman–Crippen MR) is 110 cm³/mol. The van der Waals surface area contributed by atoms with Crippen LogP contribution in [0.5, 0.6) is 0 Å². The summed E-state index contributed by atoms with van der Waals surface area (Å²) in [6.45, 7) is 5.11. The molecule has 0 unspecified atom stereocenters. The Morgan fingerprint density at radius 3 is 1.48 bits per heavy atom. The molecule has 2 heteroatoms. The minimum absolute atomic E-state index is 0.109. The summed E-state index contributed by atoms with van der Waals surface area (Å²) in [5.74, 6) is -0.109. The summed E-state index contributed by atoms with van der Waals surface area (Å²) in [6, 6.07) is 0. The van der Waals surface area contributed by atoms with Gasteiger partial charge in [-0.3, -0.25) is 4.79 Å². The smallest absolute Gasteiger partial charge is 0.309 e. The second-order valence-electron chi connectivity index (χ2n) is 7.46. The molecule has 0 aromatic rings. The third-order valence-electron chi connectivity index (χ3n) is 4.86. The second-order valence-corrected chi connectivity index (χ2v) is 7.46. The van der Waals surface area contributed by atoms with Gasteiger partial charge in [-0.25, -0.2) is 0 Å². The highest BCUT2D eigenvalue weighted by atomic mass is 16.5. The average molecular weight is 354 g/mol. The number of esters is 1. The molecule has 0 aliphatic carbocycles. The Balaban J connectivity index is 3.13. The molecule has 0 saturated carbocycles. The highest BCUT2D eigenvalue weighted by Gasteiger charge is 2.03. The van der Waals surface area contributed by atoms with Gasteiger partial charge in [-0.05, 0) is 12.8 Å². The van der Waals surface area contributed by atoms with Crippen molar-refractivity contribution >= 4 is 5.97 Å². The van der Waals surface area contributed by atoms with Crippen LogP contribution in [0.15, 0.2) is 0 Å². The van der Waals surface area contributed by atoms with Crippen LogP contribution in [0.2, 0.25) is 0 Å². The van der Waals surface area contributed by atoms with Crippen molar-refractivity contribution < 1.29 is 9.53 Å². The summed E-state index contributed by atoms with van der Waals surface area (Å²) >= 11 is 0. The van der Waals surface area contributed by atoms with Crippen molar-refractivity contribution in [3.8, 4) is 0 Å². The zero-order chi connectivity index (χ0) is 18.4. The van der Waals surface area contributed by atoms with Crippen LogP contribution in [0, 0.1) is 6.42 Å². The van der Waals surface area contributed by atoms with E-state index in [1.807, 2.05) is 0 Å². The minimum Gasteiger partial charge on any atom is -0.465 e. The van der Waals surface area contributed by atoms with Crippen LogP contribution < -0.4 is 0 Å². The van der Waals surface area contributed by atoms with Crippen molar-refractivity contribution in [2.75, 3.05) is 6.61 Å². The van der Waals surface area contributed by atoms with Crippen LogP contribution >= 0.6 is 0 Å². The van der Waals surface area contributed by atoms with Crippen molar-refractivity contribution in [2.45, 2.75) is 129 Å². The van der Waals surface area contributed by atoms with Crippen molar-refractivity contribution in [1.82, 2.24) is 0 Å². The van der Waals surface area contributed by atoms with E-state index in [1.54, 1.807) is 6.42 Å². The molecule has 1 radical (unpaired) electrons. The fraction of sp³-hybridized carbons (Fsp3) is 0.913. The first-order valence-electron chi connectivity index (χ1n) is 11.3. The summed E-state index contributed by atoms with van der Waals surface area (Å²) in [4.78, 5) is 11.6.